The van der Waals surface area contributed by atoms with Gasteiger partial charge in [-0.15, -0.1) is 0 Å². The maximum absolute atomic E-state index is 6.34. The van der Waals surface area contributed by atoms with Gasteiger partial charge in [0, 0.05) is 43.8 Å². The number of anilines is 1. The van der Waals surface area contributed by atoms with Crippen molar-refractivity contribution in [2.45, 2.75) is 50.3 Å². The summed E-state index contributed by atoms with van der Waals surface area (Å²) in [5.41, 5.74) is 6.83. The van der Waals surface area contributed by atoms with E-state index in [1.54, 1.807) is 0 Å². The number of para-hydroxylation sites is 1. The lowest BCUT2D eigenvalue weighted by Gasteiger charge is -2.44. The van der Waals surface area contributed by atoms with Crippen molar-refractivity contribution in [3.63, 3.8) is 0 Å². The van der Waals surface area contributed by atoms with Crippen LogP contribution < -0.4 is 15.8 Å². The summed E-state index contributed by atoms with van der Waals surface area (Å²) in [6.45, 7) is 7.32. The predicted molar refractivity (Wildman–Crippen MR) is 133 cm³/mol. The second-order valence-electron chi connectivity index (χ2n) is 9.85. The summed E-state index contributed by atoms with van der Waals surface area (Å²) in [5, 5.41) is 4.27. The van der Waals surface area contributed by atoms with Crippen molar-refractivity contribution in [1.82, 2.24) is 19.8 Å². The molecule has 0 bridgehead atoms. The van der Waals surface area contributed by atoms with E-state index in [9.17, 15) is 0 Å². The number of nitrogens with two attached hydrogens (primary N) is 1. The van der Waals surface area contributed by atoms with E-state index in [0.717, 1.165) is 80.9 Å². The van der Waals surface area contributed by atoms with Gasteiger partial charge in [-0.05, 0) is 51.8 Å². The zero-order valence-electron chi connectivity index (χ0n) is 19.7. The number of rotatable bonds is 4. The lowest BCUT2D eigenvalue weighted by Crippen LogP contribution is -2.56. The molecule has 5 rings (SSSR count). The van der Waals surface area contributed by atoms with Crippen molar-refractivity contribution in [2.24, 2.45) is 10.7 Å². The van der Waals surface area contributed by atoms with Crippen LogP contribution in [0, 0.1) is 0 Å². The van der Waals surface area contributed by atoms with E-state index in [0.29, 0.717) is 12.0 Å². The summed E-state index contributed by atoms with van der Waals surface area (Å²) >= 11 is 0. The number of dihydropyridines is 1. The molecule has 0 amide bonds. The van der Waals surface area contributed by atoms with Gasteiger partial charge in [-0.25, -0.2) is 9.97 Å². The molecule has 8 nitrogen and oxygen atoms in total. The van der Waals surface area contributed by atoms with Crippen molar-refractivity contribution in [3.8, 4) is 5.75 Å². The van der Waals surface area contributed by atoms with Crippen LogP contribution in [0.2, 0.25) is 0 Å². The van der Waals surface area contributed by atoms with Crippen molar-refractivity contribution in [1.29, 1.82) is 0 Å². The minimum absolute atomic E-state index is 0.0414. The van der Waals surface area contributed by atoms with E-state index < -0.39 is 0 Å². The fourth-order valence-corrected chi connectivity index (χ4v) is 4.90. The Hall–Kier alpha value is -2.55. The van der Waals surface area contributed by atoms with Crippen LogP contribution in [0.5, 0.6) is 5.75 Å². The number of hydrogen-bond donors (Lipinski definition) is 2. The van der Waals surface area contributed by atoms with Gasteiger partial charge in [0.2, 0.25) is 5.95 Å². The summed E-state index contributed by atoms with van der Waals surface area (Å²) in [6.07, 6.45) is 10.4. The van der Waals surface area contributed by atoms with Crippen LogP contribution in [0.4, 0.5) is 5.95 Å². The van der Waals surface area contributed by atoms with Gasteiger partial charge in [0.05, 0.1) is 18.2 Å². The first kappa shape index (κ1) is 22.3. The molecule has 1 aromatic carbocycles. The molecule has 33 heavy (non-hydrogen) atoms. The van der Waals surface area contributed by atoms with Crippen molar-refractivity contribution >= 4 is 22.7 Å². The van der Waals surface area contributed by atoms with E-state index in [2.05, 4.69) is 46.2 Å². The first-order chi connectivity index (χ1) is 16.0. The summed E-state index contributed by atoms with van der Waals surface area (Å²) in [4.78, 5) is 19.0. The first-order valence-electron chi connectivity index (χ1n) is 12.1. The molecular formula is C25H35N7O. The van der Waals surface area contributed by atoms with Crippen molar-refractivity contribution < 1.29 is 4.74 Å². The van der Waals surface area contributed by atoms with Gasteiger partial charge in [-0.3, -0.25) is 9.89 Å². The summed E-state index contributed by atoms with van der Waals surface area (Å²) < 4.78 is 6.34. The minimum Gasteiger partial charge on any atom is -0.488 e. The number of nitrogens with zero attached hydrogens (tertiary/aromatic N) is 5. The molecule has 8 heteroatoms. The van der Waals surface area contributed by atoms with Gasteiger partial charge in [0.15, 0.2) is 0 Å². The third kappa shape index (κ3) is 5.03. The number of likely N-dealkylation sites (N-methyl/N-ethyl adjacent to an activating group) is 1. The highest BCUT2D eigenvalue weighted by atomic mass is 16.5. The van der Waals surface area contributed by atoms with Gasteiger partial charge in [-0.2, -0.15) is 0 Å². The molecule has 0 radical (unpaired) electrons. The van der Waals surface area contributed by atoms with E-state index >= 15 is 0 Å². The van der Waals surface area contributed by atoms with Crippen molar-refractivity contribution in [2.75, 3.05) is 45.1 Å². The zero-order chi connectivity index (χ0) is 22.8. The molecule has 3 aliphatic rings. The predicted octanol–water partition coefficient (Wildman–Crippen LogP) is 2.66. The molecule has 3 N–H and O–H groups in total. The molecule has 2 aromatic rings. The Morgan fingerprint density at radius 2 is 1.91 bits per heavy atom. The Bertz CT molecular complexity index is 1040. The summed E-state index contributed by atoms with van der Waals surface area (Å²) in [7, 11) is 2.18. The van der Waals surface area contributed by atoms with Gasteiger partial charge >= 0.3 is 0 Å². The lowest BCUT2D eigenvalue weighted by molar-refractivity contribution is 0.0836. The number of ether oxygens (including phenoxy) is 1. The van der Waals surface area contributed by atoms with Gasteiger partial charge in [0.1, 0.15) is 17.1 Å². The molecule has 3 heterocycles. The number of aromatic nitrogens is 2. The molecule has 2 fully saturated rings. The Balaban J connectivity index is 1.28. The van der Waals surface area contributed by atoms with Crippen LogP contribution in [0.25, 0.3) is 10.9 Å². The van der Waals surface area contributed by atoms with Crippen LogP contribution in [-0.4, -0.2) is 83.1 Å². The number of hydrogen-bond acceptors (Lipinski definition) is 8. The summed E-state index contributed by atoms with van der Waals surface area (Å²) in [6, 6.07) is 6.31. The average molecular weight is 450 g/mol. The minimum atomic E-state index is -0.0414. The second-order valence-corrected chi connectivity index (χ2v) is 9.85. The number of amidine groups is 1. The first-order valence-corrected chi connectivity index (χ1v) is 12.1. The molecule has 1 atom stereocenters. The molecule has 176 valence electrons. The fraction of sp³-hybridized carbons (Fsp3) is 0.560. The van der Waals surface area contributed by atoms with Gasteiger partial charge in [-0.1, -0.05) is 18.2 Å². The smallest absolute Gasteiger partial charge is 0.229 e. The Kier molecular flexibility index (Phi) is 6.32. The zero-order valence-corrected chi connectivity index (χ0v) is 19.7. The quantitative estimate of drug-likeness (QED) is 0.741. The van der Waals surface area contributed by atoms with Crippen LogP contribution >= 0.6 is 0 Å². The average Bonchev–Trinajstić information content (AvgIpc) is 2.83. The third-order valence-corrected chi connectivity index (χ3v) is 7.22. The Labute approximate surface area is 195 Å². The molecule has 1 aromatic heterocycles. The highest BCUT2D eigenvalue weighted by molar-refractivity contribution is 6.03. The molecule has 0 spiro atoms. The Morgan fingerprint density at radius 1 is 1.12 bits per heavy atom. The van der Waals surface area contributed by atoms with Crippen LogP contribution in [0.15, 0.2) is 41.5 Å². The van der Waals surface area contributed by atoms with Crippen LogP contribution in [-0.2, 0) is 0 Å². The normalized spacial score (nSPS) is 29.1. The Morgan fingerprint density at radius 3 is 2.64 bits per heavy atom. The molecular weight excluding hydrogens is 414 g/mol. The molecule has 1 unspecified atom stereocenters. The number of fused-ring (bicyclic) bond motifs is 1. The SMILES string of the molecule is CN1CCN(C2(C)C=CC(Nc3ncc4cccc(OC5CCC(N)CC5)c4n3)=NC2)CC1. The number of piperazine rings is 1. The van der Waals surface area contributed by atoms with Crippen LogP contribution in [0.3, 0.4) is 0 Å². The molecule has 1 saturated carbocycles. The monoisotopic (exact) mass is 449 g/mol. The standard InChI is InChI=1S/C25H35N7O/c1-25(32-14-12-31(2)13-15-32)11-10-22(28-17-25)29-24-27-16-18-4-3-5-21(23(18)30-24)33-20-8-6-19(26)7-9-20/h3-5,10-11,16,19-20H,6-9,12-15,17,26H2,1-2H3,(H,27,28,29,30). The number of benzene rings is 1. The maximum atomic E-state index is 6.34. The third-order valence-electron chi connectivity index (χ3n) is 7.22. The van der Waals surface area contributed by atoms with Gasteiger partial charge in [0.25, 0.3) is 0 Å². The summed E-state index contributed by atoms with van der Waals surface area (Å²) in [5.74, 6) is 2.14. The van der Waals surface area contributed by atoms with Crippen LogP contribution in [0.1, 0.15) is 32.6 Å². The molecule has 1 saturated heterocycles. The van der Waals surface area contributed by atoms with Gasteiger partial charge < -0.3 is 20.7 Å². The molecule has 1 aliphatic carbocycles. The highest BCUT2D eigenvalue weighted by Gasteiger charge is 2.33. The lowest BCUT2D eigenvalue weighted by atomic mass is 9.94. The fourth-order valence-electron chi connectivity index (χ4n) is 4.90. The maximum Gasteiger partial charge on any atom is 0.229 e. The van der Waals surface area contributed by atoms with E-state index in [-0.39, 0.29) is 11.6 Å². The highest BCUT2D eigenvalue weighted by Crippen LogP contribution is 2.29. The number of aliphatic imine (C=N–C) groups is 1. The number of nitrogens with one attached hydrogen (secondary N) is 1. The van der Waals surface area contributed by atoms with E-state index in [1.807, 2.05) is 24.4 Å². The second kappa shape index (κ2) is 9.37. The van der Waals surface area contributed by atoms with E-state index in [1.165, 1.54) is 0 Å². The van der Waals surface area contributed by atoms with Crippen molar-refractivity contribution in [3.05, 3.63) is 36.5 Å². The largest absolute Gasteiger partial charge is 0.488 e. The van der Waals surface area contributed by atoms with E-state index in [4.69, 9.17) is 20.4 Å². The molecule has 2 aliphatic heterocycles. The topological polar surface area (TPSA) is 91.9 Å².